The van der Waals surface area contributed by atoms with Crippen LogP contribution >= 0.6 is 0 Å². The molecule has 0 spiro atoms. The Hall–Kier alpha value is -2.00. The summed E-state index contributed by atoms with van der Waals surface area (Å²) >= 11 is 0. The molecule has 1 heterocycles. The number of sulfonamides is 1. The van der Waals surface area contributed by atoms with Gasteiger partial charge in [0, 0.05) is 31.1 Å². The molecule has 0 saturated carbocycles. The summed E-state index contributed by atoms with van der Waals surface area (Å²) in [6.07, 6.45) is 0.799. The van der Waals surface area contributed by atoms with E-state index in [-0.39, 0.29) is 35.9 Å². The Balaban J connectivity index is 2.08. The van der Waals surface area contributed by atoms with Crippen LogP contribution in [0, 0.1) is 22.0 Å². The molecule has 2 rings (SSSR count). The molecule has 1 fully saturated rings. The van der Waals surface area contributed by atoms with Gasteiger partial charge in [-0.15, -0.1) is 0 Å². The van der Waals surface area contributed by atoms with Gasteiger partial charge in [0.15, 0.2) is 4.90 Å². The van der Waals surface area contributed by atoms with Gasteiger partial charge in [0.1, 0.15) is 0 Å². The van der Waals surface area contributed by atoms with Crippen LogP contribution in [0.3, 0.4) is 0 Å². The van der Waals surface area contributed by atoms with Crippen molar-refractivity contribution >= 4 is 21.6 Å². The Morgan fingerprint density at radius 3 is 2.35 bits per heavy atom. The fourth-order valence-corrected chi connectivity index (χ4v) is 4.46. The van der Waals surface area contributed by atoms with Crippen molar-refractivity contribution < 1.29 is 18.1 Å². The summed E-state index contributed by atoms with van der Waals surface area (Å²) in [5.41, 5.74) is -0.432. The van der Waals surface area contributed by atoms with Crippen LogP contribution in [0.2, 0.25) is 0 Å². The van der Waals surface area contributed by atoms with E-state index in [4.69, 9.17) is 0 Å². The van der Waals surface area contributed by atoms with Crippen molar-refractivity contribution in [1.29, 1.82) is 0 Å². The molecule has 0 radical (unpaired) electrons. The number of benzene rings is 1. The Morgan fingerprint density at radius 2 is 1.81 bits per heavy atom. The van der Waals surface area contributed by atoms with E-state index >= 15 is 0 Å². The molecular weight excluding hydrogens is 358 g/mol. The number of piperidine rings is 1. The lowest BCUT2D eigenvalue weighted by Crippen LogP contribution is -2.45. The zero-order valence-corrected chi connectivity index (χ0v) is 16.0. The summed E-state index contributed by atoms with van der Waals surface area (Å²) in [7, 11) is -3.96. The molecule has 1 aliphatic rings. The van der Waals surface area contributed by atoms with Gasteiger partial charge < -0.3 is 5.32 Å². The summed E-state index contributed by atoms with van der Waals surface area (Å²) in [6, 6.07) is 5.38. The number of amides is 1. The fourth-order valence-electron chi connectivity index (χ4n) is 2.83. The van der Waals surface area contributed by atoms with Gasteiger partial charge in [-0.2, -0.15) is 4.31 Å². The Bertz CT molecular complexity index is 770. The third-order valence-electron chi connectivity index (χ3n) is 4.87. The summed E-state index contributed by atoms with van der Waals surface area (Å²) < 4.78 is 26.8. The summed E-state index contributed by atoms with van der Waals surface area (Å²) in [5, 5.41) is 14.1. The first-order valence-electron chi connectivity index (χ1n) is 8.68. The lowest BCUT2D eigenvalue weighted by molar-refractivity contribution is -0.387. The number of para-hydroxylation sites is 1. The molecule has 1 saturated heterocycles. The van der Waals surface area contributed by atoms with Gasteiger partial charge in [-0.25, -0.2) is 8.42 Å². The minimum absolute atomic E-state index is 0.0521. The minimum Gasteiger partial charge on any atom is -0.353 e. The Morgan fingerprint density at radius 1 is 1.23 bits per heavy atom. The lowest BCUT2D eigenvalue weighted by Gasteiger charge is -2.31. The number of hydrogen-bond acceptors (Lipinski definition) is 5. The molecule has 0 aliphatic carbocycles. The van der Waals surface area contributed by atoms with E-state index in [1.54, 1.807) is 0 Å². The van der Waals surface area contributed by atoms with E-state index in [0.717, 1.165) is 0 Å². The predicted molar refractivity (Wildman–Crippen MR) is 97.0 cm³/mol. The molecule has 0 aromatic heterocycles. The topological polar surface area (TPSA) is 110 Å². The van der Waals surface area contributed by atoms with Gasteiger partial charge in [-0.3, -0.25) is 14.9 Å². The van der Waals surface area contributed by atoms with E-state index in [1.165, 1.54) is 28.6 Å². The summed E-state index contributed by atoms with van der Waals surface area (Å²) in [4.78, 5) is 22.4. The molecule has 1 N–H and O–H groups in total. The maximum Gasteiger partial charge on any atom is 0.289 e. The smallest absolute Gasteiger partial charge is 0.289 e. The van der Waals surface area contributed by atoms with Gasteiger partial charge in [0.2, 0.25) is 15.9 Å². The van der Waals surface area contributed by atoms with Crippen LogP contribution in [0.15, 0.2) is 29.2 Å². The largest absolute Gasteiger partial charge is 0.353 e. The highest BCUT2D eigenvalue weighted by Crippen LogP contribution is 2.29. The average molecular weight is 383 g/mol. The van der Waals surface area contributed by atoms with Crippen molar-refractivity contribution in [2.24, 2.45) is 11.8 Å². The van der Waals surface area contributed by atoms with Crippen molar-refractivity contribution in [3.8, 4) is 0 Å². The molecule has 1 atom stereocenters. The maximum absolute atomic E-state index is 12.8. The number of hydrogen-bond donors (Lipinski definition) is 1. The van der Waals surface area contributed by atoms with E-state index < -0.39 is 20.6 Å². The van der Waals surface area contributed by atoms with E-state index in [0.29, 0.717) is 18.8 Å². The zero-order chi connectivity index (χ0) is 19.5. The van der Waals surface area contributed by atoms with Crippen molar-refractivity contribution in [3.63, 3.8) is 0 Å². The fraction of sp³-hybridized carbons (Fsp3) is 0.588. The van der Waals surface area contributed by atoms with Gasteiger partial charge in [0.05, 0.1) is 4.92 Å². The minimum atomic E-state index is -3.96. The van der Waals surface area contributed by atoms with Gasteiger partial charge in [-0.05, 0) is 31.7 Å². The van der Waals surface area contributed by atoms with E-state index in [9.17, 15) is 23.3 Å². The second-order valence-electron chi connectivity index (χ2n) is 6.94. The highest BCUT2D eigenvalue weighted by molar-refractivity contribution is 7.89. The van der Waals surface area contributed by atoms with E-state index in [1.807, 2.05) is 20.8 Å². The third-order valence-corrected chi connectivity index (χ3v) is 6.82. The average Bonchev–Trinajstić information content (AvgIpc) is 2.61. The molecule has 26 heavy (non-hydrogen) atoms. The second-order valence-corrected chi connectivity index (χ2v) is 8.85. The van der Waals surface area contributed by atoms with Gasteiger partial charge >= 0.3 is 0 Å². The quantitative estimate of drug-likeness (QED) is 0.598. The Labute approximate surface area is 153 Å². The number of nitro groups is 1. The molecule has 0 bridgehead atoms. The Kier molecular flexibility index (Phi) is 6.35. The summed E-state index contributed by atoms with van der Waals surface area (Å²) in [6.45, 7) is 6.32. The summed E-state index contributed by atoms with van der Waals surface area (Å²) in [5.74, 6) is 0.0143. The highest BCUT2D eigenvalue weighted by atomic mass is 32.2. The third kappa shape index (κ3) is 4.39. The molecule has 9 heteroatoms. The monoisotopic (exact) mass is 383 g/mol. The molecular formula is C17H25N3O5S. The van der Waals surface area contributed by atoms with E-state index in [2.05, 4.69) is 5.32 Å². The van der Waals surface area contributed by atoms with Gasteiger partial charge in [0.25, 0.3) is 5.69 Å². The second kappa shape index (κ2) is 8.13. The van der Waals surface area contributed by atoms with Crippen LogP contribution in [-0.4, -0.2) is 42.7 Å². The zero-order valence-electron chi connectivity index (χ0n) is 15.2. The van der Waals surface area contributed by atoms with Crippen molar-refractivity contribution in [3.05, 3.63) is 34.4 Å². The maximum atomic E-state index is 12.8. The number of carbonyl (C=O) groups is 1. The molecule has 1 aromatic carbocycles. The number of nitrogens with zero attached hydrogens (tertiary/aromatic N) is 2. The number of carbonyl (C=O) groups excluding carboxylic acids is 1. The first-order chi connectivity index (χ1) is 12.1. The molecule has 1 unspecified atom stereocenters. The van der Waals surface area contributed by atoms with Crippen molar-refractivity contribution in [2.45, 2.75) is 44.6 Å². The van der Waals surface area contributed by atoms with Crippen LogP contribution in [0.5, 0.6) is 0 Å². The van der Waals surface area contributed by atoms with Crippen LogP contribution in [0.25, 0.3) is 0 Å². The standard InChI is InChI=1S/C17H25N3O5S/c1-12(2)13(3)18-17(21)14-8-10-19(11-9-14)26(24,25)16-7-5-4-6-15(16)20(22)23/h4-7,12-14H,8-11H2,1-3H3,(H,18,21). The van der Waals surface area contributed by atoms with Crippen LogP contribution < -0.4 is 5.32 Å². The number of nitro benzene ring substituents is 1. The first-order valence-corrected chi connectivity index (χ1v) is 10.1. The molecule has 1 aliphatic heterocycles. The molecule has 144 valence electrons. The lowest BCUT2D eigenvalue weighted by atomic mass is 9.96. The predicted octanol–water partition coefficient (Wildman–Crippen LogP) is 2.16. The number of rotatable bonds is 6. The van der Waals surface area contributed by atoms with Gasteiger partial charge in [-0.1, -0.05) is 26.0 Å². The molecule has 8 nitrogen and oxygen atoms in total. The van der Waals surface area contributed by atoms with Crippen molar-refractivity contribution in [1.82, 2.24) is 9.62 Å². The number of nitrogens with one attached hydrogen (secondary N) is 1. The molecule has 1 aromatic rings. The molecule has 1 amide bonds. The normalized spacial score (nSPS) is 17.8. The van der Waals surface area contributed by atoms with Crippen LogP contribution in [0.4, 0.5) is 5.69 Å². The SMILES string of the molecule is CC(C)C(C)NC(=O)C1CCN(S(=O)(=O)c2ccccc2[N+](=O)[O-])CC1. The van der Waals surface area contributed by atoms with Crippen LogP contribution in [-0.2, 0) is 14.8 Å². The van der Waals surface area contributed by atoms with Crippen LogP contribution in [0.1, 0.15) is 33.6 Å². The highest BCUT2D eigenvalue weighted by Gasteiger charge is 2.35. The van der Waals surface area contributed by atoms with Crippen molar-refractivity contribution in [2.75, 3.05) is 13.1 Å². The first kappa shape index (κ1) is 20.3.